The average Bonchev–Trinajstić information content (AvgIpc) is 2.32. The van der Waals surface area contributed by atoms with E-state index in [4.69, 9.17) is 4.74 Å². The van der Waals surface area contributed by atoms with Gasteiger partial charge in [-0.1, -0.05) is 0 Å². The molecule has 0 fully saturated rings. The molecule has 0 spiro atoms. The first-order valence-corrected chi connectivity index (χ1v) is 7.25. The molecular formula is C12H13BrINO3. The van der Waals surface area contributed by atoms with Crippen molar-refractivity contribution in [1.82, 2.24) is 5.32 Å². The van der Waals surface area contributed by atoms with Crippen LogP contribution in [0.1, 0.15) is 24.2 Å². The topological polar surface area (TPSA) is 55.4 Å². The smallest absolute Gasteiger partial charge is 0.328 e. The standard InChI is InChI=1S/C12H13BrINO3/c1-3-18-12(17)7(2)15-11(16)9-6-8(14)4-5-10(9)13/h4-7H,3H2,1-2H3,(H,15,16). The molecular weight excluding hydrogens is 413 g/mol. The van der Waals surface area contributed by atoms with Crippen LogP contribution in [0.15, 0.2) is 22.7 Å². The van der Waals surface area contributed by atoms with Gasteiger partial charge >= 0.3 is 5.97 Å². The monoisotopic (exact) mass is 425 g/mol. The summed E-state index contributed by atoms with van der Waals surface area (Å²) in [4.78, 5) is 23.4. The average molecular weight is 426 g/mol. The molecule has 0 aromatic heterocycles. The molecule has 1 unspecified atom stereocenters. The fourth-order valence-corrected chi connectivity index (χ4v) is 2.19. The van der Waals surface area contributed by atoms with Crippen molar-refractivity contribution in [3.05, 3.63) is 31.8 Å². The zero-order chi connectivity index (χ0) is 13.7. The summed E-state index contributed by atoms with van der Waals surface area (Å²) >= 11 is 5.43. The van der Waals surface area contributed by atoms with E-state index in [1.54, 1.807) is 26.0 Å². The molecule has 0 aliphatic carbocycles. The molecule has 1 aromatic rings. The molecule has 4 nitrogen and oxygen atoms in total. The molecule has 0 radical (unpaired) electrons. The number of nitrogens with one attached hydrogen (secondary N) is 1. The molecule has 1 amide bonds. The van der Waals surface area contributed by atoms with Crippen LogP contribution in [0, 0.1) is 3.57 Å². The number of esters is 1. The van der Waals surface area contributed by atoms with Crippen molar-refractivity contribution in [2.45, 2.75) is 19.9 Å². The van der Waals surface area contributed by atoms with Crippen molar-refractivity contribution in [2.24, 2.45) is 0 Å². The van der Waals surface area contributed by atoms with Crippen molar-refractivity contribution in [2.75, 3.05) is 6.61 Å². The van der Waals surface area contributed by atoms with E-state index in [1.807, 2.05) is 6.07 Å². The first-order valence-electron chi connectivity index (χ1n) is 5.38. The molecule has 6 heteroatoms. The minimum atomic E-state index is -0.665. The normalized spacial score (nSPS) is 11.8. The molecule has 0 aliphatic heterocycles. The molecule has 98 valence electrons. The highest BCUT2D eigenvalue weighted by molar-refractivity contribution is 14.1. The Morgan fingerprint density at radius 1 is 1.50 bits per heavy atom. The number of halogens is 2. The second kappa shape index (κ2) is 7.08. The van der Waals surface area contributed by atoms with Gasteiger partial charge in [0.15, 0.2) is 0 Å². The van der Waals surface area contributed by atoms with E-state index >= 15 is 0 Å². The van der Waals surface area contributed by atoms with E-state index < -0.39 is 12.0 Å². The van der Waals surface area contributed by atoms with Gasteiger partial charge in [-0.05, 0) is 70.6 Å². The van der Waals surface area contributed by atoms with E-state index in [-0.39, 0.29) is 5.91 Å². The largest absolute Gasteiger partial charge is 0.464 e. The van der Waals surface area contributed by atoms with Crippen LogP contribution in [-0.4, -0.2) is 24.5 Å². The lowest BCUT2D eigenvalue weighted by Gasteiger charge is -2.13. The summed E-state index contributed by atoms with van der Waals surface area (Å²) in [5.74, 6) is -0.742. The third-order valence-corrected chi connectivity index (χ3v) is 3.52. The van der Waals surface area contributed by atoms with Gasteiger partial charge in [-0.15, -0.1) is 0 Å². The number of rotatable bonds is 4. The Kier molecular flexibility index (Phi) is 6.07. The second-order valence-corrected chi connectivity index (χ2v) is 5.67. The zero-order valence-corrected chi connectivity index (χ0v) is 13.7. The van der Waals surface area contributed by atoms with Crippen molar-refractivity contribution < 1.29 is 14.3 Å². The maximum Gasteiger partial charge on any atom is 0.328 e. The molecule has 1 atom stereocenters. The Labute approximate surface area is 128 Å². The van der Waals surface area contributed by atoms with Crippen LogP contribution in [0.2, 0.25) is 0 Å². The third-order valence-electron chi connectivity index (χ3n) is 2.16. The van der Waals surface area contributed by atoms with Crippen LogP contribution in [0.5, 0.6) is 0 Å². The van der Waals surface area contributed by atoms with Crippen LogP contribution in [-0.2, 0) is 9.53 Å². The SMILES string of the molecule is CCOC(=O)C(C)NC(=O)c1cc(I)ccc1Br. The summed E-state index contributed by atoms with van der Waals surface area (Å²) in [6, 6.07) is 4.77. The molecule has 0 saturated heterocycles. The summed E-state index contributed by atoms with van der Waals surface area (Å²) in [6.07, 6.45) is 0. The predicted octanol–water partition coefficient (Wildman–Crippen LogP) is 2.74. The van der Waals surface area contributed by atoms with Gasteiger partial charge in [0.25, 0.3) is 5.91 Å². The zero-order valence-electron chi connectivity index (χ0n) is 10.00. The highest BCUT2D eigenvalue weighted by Gasteiger charge is 2.19. The molecule has 1 aromatic carbocycles. The fourth-order valence-electron chi connectivity index (χ4n) is 1.27. The fraction of sp³-hybridized carbons (Fsp3) is 0.333. The van der Waals surface area contributed by atoms with Gasteiger partial charge in [0.05, 0.1) is 12.2 Å². The maximum absolute atomic E-state index is 12.0. The van der Waals surface area contributed by atoms with Gasteiger partial charge < -0.3 is 10.1 Å². The van der Waals surface area contributed by atoms with Crippen LogP contribution >= 0.6 is 38.5 Å². The number of carbonyl (C=O) groups excluding carboxylic acids is 2. The number of benzene rings is 1. The Morgan fingerprint density at radius 2 is 2.17 bits per heavy atom. The van der Waals surface area contributed by atoms with Gasteiger partial charge in [-0.25, -0.2) is 4.79 Å². The number of ether oxygens (including phenoxy) is 1. The van der Waals surface area contributed by atoms with Gasteiger partial charge in [0.2, 0.25) is 0 Å². The molecule has 18 heavy (non-hydrogen) atoms. The minimum Gasteiger partial charge on any atom is -0.464 e. The Balaban J connectivity index is 2.76. The van der Waals surface area contributed by atoms with E-state index in [2.05, 4.69) is 43.8 Å². The van der Waals surface area contributed by atoms with E-state index in [0.717, 1.165) is 3.57 Å². The molecule has 0 bridgehead atoms. The summed E-state index contributed by atoms with van der Waals surface area (Å²) in [5, 5.41) is 2.60. The predicted molar refractivity (Wildman–Crippen MR) is 80.4 cm³/mol. The molecule has 1 N–H and O–H groups in total. The lowest BCUT2D eigenvalue weighted by atomic mass is 10.2. The summed E-state index contributed by atoms with van der Waals surface area (Å²) in [5.41, 5.74) is 0.498. The van der Waals surface area contributed by atoms with Gasteiger partial charge in [-0.3, -0.25) is 4.79 Å². The van der Waals surface area contributed by atoms with E-state index in [0.29, 0.717) is 16.6 Å². The summed E-state index contributed by atoms with van der Waals surface area (Å²) < 4.78 is 6.47. The Hall–Kier alpha value is -0.630. The van der Waals surface area contributed by atoms with Crippen LogP contribution in [0.25, 0.3) is 0 Å². The van der Waals surface area contributed by atoms with Crippen LogP contribution in [0.3, 0.4) is 0 Å². The van der Waals surface area contributed by atoms with Crippen LogP contribution < -0.4 is 5.32 Å². The van der Waals surface area contributed by atoms with Gasteiger partial charge in [0.1, 0.15) is 6.04 Å². The van der Waals surface area contributed by atoms with E-state index in [9.17, 15) is 9.59 Å². The lowest BCUT2D eigenvalue weighted by Crippen LogP contribution is -2.39. The first-order chi connectivity index (χ1) is 8.45. The Bertz CT molecular complexity index is 465. The quantitative estimate of drug-likeness (QED) is 0.596. The van der Waals surface area contributed by atoms with Crippen molar-refractivity contribution >= 4 is 50.4 Å². The lowest BCUT2D eigenvalue weighted by molar-refractivity contribution is -0.144. The molecule has 0 saturated carbocycles. The third kappa shape index (κ3) is 4.24. The Morgan fingerprint density at radius 3 is 2.78 bits per heavy atom. The number of hydrogen-bond donors (Lipinski definition) is 1. The number of hydrogen-bond acceptors (Lipinski definition) is 3. The highest BCUT2D eigenvalue weighted by atomic mass is 127. The second-order valence-electron chi connectivity index (χ2n) is 3.57. The minimum absolute atomic E-state index is 0.298. The molecule has 1 rings (SSSR count). The molecule has 0 aliphatic rings. The van der Waals surface area contributed by atoms with Gasteiger partial charge in [-0.2, -0.15) is 0 Å². The summed E-state index contributed by atoms with van der Waals surface area (Å²) in [7, 11) is 0. The van der Waals surface area contributed by atoms with Gasteiger partial charge in [0, 0.05) is 8.04 Å². The van der Waals surface area contributed by atoms with Crippen molar-refractivity contribution in [3.8, 4) is 0 Å². The maximum atomic E-state index is 12.0. The molecule has 0 heterocycles. The van der Waals surface area contributed by atoms with Crippen molar-refractivity contribution in [1.29, 1.82) is 0 Å². The number of amides is 1. The number of carbonyl (C=O) groups is 2. The van der Waals surface area contributed by atoms with Crippen LogP contribution in [0.4, 0.5) is 0 Å². The van der Waals surface area contributed by atoms with Crippen molar-refractivity contribution in [3.63, 3.8) is 0 Å². The highest BCUT2D eigenvalue weighted by Crippen LogP contribution is 2.19. The van der Waals surface area contributed by atoms with E-state index in [1.165, 1.54) is 0 Å². The summed E-state index contributed by atoms with van der Waals surface area (Å²) in [6.45, 7) is 3.62. The first kappa shape index (κ1) is 15.4.